The van der Waals surface area contributed by atoms with E-state index in [0.717, 1.165) is 12.1 Å². The summed E-state index contributed by atoms with van der Waals surface area (Å²) >= 11 is 0. The van der Waals surface area contributed by atoms with Gasteiger partial charge in [0.15, 0.2) is 0 Å². The first-order chi connectivity index (χ1) is 11.2. The second-order valence-corrected chi connectivity index (χ2v) is 5.24. The van der Waals surface area contributed by atoms with Gasteiger partial charge in [0, 0.05) is 31.3 Å². The Labute approximate surface area is 133 Å². The summed E-state index contributed by atoms with van der Waals surface area (Å²) in [4.78, 5) is 22.3. The van der Waals surface area contributed by atoms with E-state index >= 15 is 0 Å². The van der Waals surface area contributed by atoms with Crippen LogP contribution >= 0.6 is 0 Å². The summed E-state index contributed by atoms with van der Waals surface area (Å²) < 4.78 is 10.7. The van der Waals surface area contributed by atoms with Crippen molar-refractivity contribution in [2.24, 2.45) is 0 Å². The molecule has 8 heteroatoms. The molecule has 2 aromatic heterocycles. The molecular formula is C15H17N5O3. The lowest BCUT2D eigenvalue weighted by Gasteiger charge is -2.16. The zero-order chi connectivity index (χ0) is 16.2. The summed E-state index contributed by atoms with van der Waals surface area (Å²) in [6.45, 7) is 2.93. The van der Waals surface area contributed by atoms with Crippen LogP contribution in [0, 0.1) is 6.92 Å². The number of carbonyl (C=O) groups excluding carboxylic acids is 1. The van der Waals surface area contributed by atoms with Crippen molar-refractivity contribution in [3.63, 3.8) is 0 Å². The van der Waals surface area contributed by atoms with Crippen LogP contribution in [0.15, 0.2) is 24.5 Å². The number of amides is 1. The molecule has 23 heavy (non-hydrogen) atoms. The van der Waals surface area contributed by atoms with Crippen molar-refractivity contribution in [3.05, 3.63) is 35.9 Å². The van der Waals surface area contributed by atoms with Gasteiger partial charge in [0.25, 0.3) is 5.91 Å². The highest BCUT2D eigenvalue weighted by molar-refractivity contribution is 5.92. The van der Waals surface area contributed by atoms with Gasteiger partial charge in [-0.15, -0.1) is 10.2 Å². The number of rotatable bonds is 4. The smallest absolute Gasteiger partial charge is 0.274 e. The Morgan fingerprint density at radius 3 is 2.65 bits per heavy atom. The number of hydrogen-bond acceptors (Lipinski definition) is 7. The first kappa shape index (κ1) is 15.1. The van der Waals surface area contributed by atoms with Crippen LogP contribution in [0.1, 0.15) is 22.6 Å². The molecule has 1 aliphatic heterocycles. The highest BCUT2D eigenvalue weighted by Gasteiger charge is 2.29. The average Bonchev–Trinajstić information content (AvgIpc) is 3.04. The quantitative estimate of drug-likeness (QED) is 0.827. The van der Waals surface area contributed by atoms with E-state index in [1.54, 1.807) is 23.2 Å². The molecule has 0 unspecified atom stereocenters. The molecule has 0 aromatic carbocycles. The highest BCUT2D eigenvalue weighted by atomic mass is 16.5. The van der Waals surface area contributed by atoms with Crippen molar-refractivity contribution in [2.75, 3.05) is 20.2 Å². The first-order valence-electron chi connectivity index (χ1n) is 7.28. The Morgan fingerprint density at radius 2 is 2.00 bits per heavy atom. The molecule has 8 nitrogen and oxygen atoms in total. The second-order valence-electron chi connectivity index (χ2n) is 5.24. The summed E-state index contributed by atoms with van der Waals surface area (Å²) in [6, 6.07) is 3.38. The largest absolute Gasteiger partial charge is 0.480 e. The normalized spacial score (nSPS) is 17.1. The molecule has 2 aromatic rings. The van der Waals surface area contributed by atoms with Gasteiger partial charge in [-0.05, 0) is 6.92 Å². The molecule has 0 bridgehead atoms. The third kappa shape index (κ3) is 3.53. The van der Waals surface area contributed by atoms with Crippen LogP contribution in [0.2, 0.25) is 0 Å². The third-order valence-electron chi connectivity index (χ3n) is 3.54. The van der Waals surface area contributed by atoms with Gasteiger partial charge in [0.05, 0.1) is 25.5 Å². The number of nitrogens with zero attached hydrogens (tertiary/aromatic N) is 5. The van der Waals surface area contributed by atoms with E-state index in [2.05, 4.69) is 20.2 Å². The second kappa shape index (κ2) is 6.55. The van der Waals surface area contributed by atoms with Crippen LogP contribution in [0.25, 0.3) is 0 Å². The first-order valence-corrected chi connectivity index (χ1v) is 7.28. The van der Waals surface area contributed by atoms with E-state index in [4.69, 9.17) is 9.47 Å². The molecule has 3 heterocycles. The van der Waals surface area contributed by atoms with E-state index in [1.807, 2.05) is 6.92 Å². The molecule has 120 valence electrons. The average molecular weight is 315 g/mol. The van der Waals surface area contributed by atoms with E-state index in [0.29, 0.717) is 30.5 Å². The Kier molecular flexibility index (Phi) is 4.31. The van der Waals surface area contributed by atoms with Gasteiger partial charge in [-0.25, -0.2) is 4.98 Å². The predicted octanol–water partition coefficient (Wildman–Crippen LogP) is 0.877. The fourth-order valence-electron chi connectivity index (χ4n) is 2.32. The Balaban J connectivity index is 1.59. The van der Waals surface area contributed by atoms with Crippen LogP contribution in [-0.4, -0.2) is 57.3 Å². The minimum atomic E-state index is -0.135. The lowest BCUT2D eigenvalue weighted by molar-refractivity contribution is 0.0764. The van der Waals surface area contributed by atoms with Crippen LogP contribution < -0.4 is 9.47 Å². The number of hydrogen-bond donors (Lipinski definition) is 0. The van der Waals surface area contributed by atoms with Crippen molar-refractivity contribution in [1.29, 1.82) is 0 Å². The molecular weight excluding hydrogens is 298 g/mol. The fraction of sp³-hybridized carbons (Fsp3) is 0.400. The fourth-order valence-corrected chi connectivity index (χ4v) is 2.32. The topological polar surface area (TPSA) is 90.3 Å². The molecule has 1 saturated heterocycles. The van der Waals surface area contributed by atoms with E-state index in [9.17, 15) is 4.79 Å². The SMILES string of the molecule is COc1ccc(O[C@H]2CCN(C(=O)c3cnc(C)cn3)C2)nn1. The highest BCUT2D eigenvalue weighted by Crippen LogP contribution is 2.18. The van der Waals surface area contributed by atoms with Crippen LogP contribution in [0.4, 0.5) is 0 Å². The number of ether oxygens (including phenoxy) is 2. The van der Waals surface area contributed by atoms with Gasteiger partial charge in [-0.1, -0.05) is 0 Å². The molecule has 1 fully saturated rings. The zero-order valence-corrected chi connectivity index (χ0v) is 13.0. The van der Waals surface area contributed by atoms with Crippen molar-refractivity contribution in [3.8, 4) is 11.8 Å². The molecule has 1 amide bonds. The van der Waals surface area contributed by atoms with Crippen molar-refractivity contribution >= 4 is 5.91 Å². The summed E-state index contributed by atoms with van der Waals surface area (Å²) in [5.41, 5.74) is 1.13. The van der Waals surface area contributed by atoms with Gasteiger partial charge in [-0.2, -0.15) is 0 Å². The van der Waals surface area contributed by atoms with E-state index in [1.165, 1.54) is 13.3 Å². The Hall–Kier alpha value is -2.77. The summed E-state index contributed by atoms with van der Waals surface area (Å²) in [5, 5.41) is 7.78. The number of methoxy groups -OCH3 is 1. The lowest BCUT2D eigenvalue weighted by atomic mass is 10.3. The maximum atomic E-state index is 12.4. The minimum Gasteiger partial charge on any atom is -0.480 e. The maximum Gasteiger partial charge on any atom is 0.274 e. The van der Waals surface area contributed by atoms with Gasteiger partial charge in [0.1, 0.15) is 11.8 Å². The summed E-state index contributed by atoms with van der Waals surface area (Å²) in [6.07, 6.45) is 3.71. The number of likely N-dealkylation sites (tertiary alicyclic amines) is 1. The number of aryl methyl sites for hydroxylation is 1. The van der Waals surface area contributed by atoms with Gasteiger partial charge >= 0.3 is 0 Å². The zero-order valence-electron chi connectivity index (χ0n) is 13.0. The third-order valence-corrected chi connectivity index (χ3v) is 3.54. The molecule has 0 N–H and O–H groups in total. The molecule has 0 aliphatic carbocycles. The van der Waals surface area contributed by atoms with Crippen molar-refractivity contribution < 1.29 is 14.3 Å². The molecule has 3 rings (SSSR count). The van der Waals surface area contributed by atoms with Gasteiger partial charge < -0.3 is 14.4 Å². The van der Waals surface area contributed by atoms with Crippen molar-refractivity contribution in [2.45, 2.75) is 19.4 Å². The minimum absolute atomic E-state index is 0.111. The monoisotopic (exact) mass is 315 g/mol. The molecule has 1 atom stereocenters. The van der Waals surface area contributed by atoms with E-state index in [-0.39, 0.29) is 12.0 Å². The lowest BCUT2D eigenvalue weighted by Crippen LogP contribution is -2.31. The summed E-state index contributed by atoms with van der Waals surface area (Å²) in [5.74, 6) is 0.711. The maximum absolute atomic E-state index is 12.4. The molecule has 0 spiro atoms. The molecule has 0 saturated carbocycles. The van der Waals surface area contributed by atoms with Crippen molar-refractivity contribution in [1.82, 2.24) is 25.1 Å². The Morgan fingerprint density at radius 1 is 1.22 bits per heavy atom. The number of aromatic nitrogens is 4. The predicted molar refractivity (Wildman–Crippen MR) is 80.3 cm³/mol. The Bertz CT molecular complexity index is 675. The van der Waals surface area contributed by atoms with Crippen LogP contribution in [-0.2, 0) is 0 Å². The van der Waals surface area contributed by atoms with Crippen LogP contribution in [0.3, 0.4) is 0 Å². The standard InChI is InChI=1S/C15H17N5O3/c1-10-7-17-12(8-16-10)15(21)20-6-5-11(9-20)23-14-4-3-13(22-2)18-19-14/h3-4,7-8,11H,5-6,9H2,1-2H3/t11-/m0/s1. The van der Waals surface area contributed by atoms with Gasteiger partial charge in [-0.3, -0.25) is 9.78 Å². The molecule has 1 aliphatic rings. The summed E-state index contributed by atoms with van der Waals surface area (Å²) in [7, 11) is 1.53. The molecule has 0 radical (unpaired) electrons. The van der Waals surface area contributed by atoms with Crippen LogP contribution in [0.5, 0.6) is 11.8 Å². The number of carbonyl (C=O) groups is 1. The van der Waals surface area contributed by atoms with Gasteiger partial charge in [0.2, 0.25) is 11.8 Å². The van der Waals surface area contributed by atoms with E-state index < -0.39 is 0 Å².